The van der Waals surface area contributed by atoms with Crippen molar-refractivity contribution >= 4 is 12.0 Å². The first kappa shape index (κ1) is 13.3. The van der Waals surface area contributed by atoms with Gasteiger partial charge in [-0.25, -0.2) is 0 Å². The summed E-state index contributed by atoms with van der Waals surface area (Å²) in [5, 5.41) is 4.14. The van der Waals surface area contributed by atoms with Crippen LogP contribution in [-0.2, 0) is 4.84 Å². The quantitative estimate of drug-likeness (QED) is 0.809. The van der Waals surface area contributed by atoms with Crippen LogP contribution >= 0.6 is 0 Å². The van der Waals surface area contributed by atoms with Crippen LogP contribution in [0.1, 0.15) is 34.1 Å². The SMILES string of the molecule is COc1cc(C=O)ccc1C1=NOC(c2ccccn2)C1. The van der Waals surface area contributed by atoms with Gasteiger partial charge in [0.15, 0.2) is 6.10 Å². The first-order chi connectivity index (χ1) is 10.3. The molecule has 0 fully saturated rings. The molecule has 1 atom stereocenters. The molecule has 0 spiro atoms. The molecule has 0 amide bonds. The van der Waals surface area contributed by atoms with Crippen LogP contribution in [0, 0.1) is 0 Å². The smallest absolute Gasteiger partial charge is 0.174 e. The molecule has 5 heteroatoms. The van der Waals surface area contributed by atoms with E-state index in [9.17, 15) is 4.79 Å². The van der Waals surface area contributed by atoms with Crippen LogP contribution in [0.15, 0.2) is 47.8 Å². The number of ether oxygens (including phenoxy) is 1. The molecule has 0 aliphatic carbocycles. The third kappa shape index (κ3) is 2.63. The van der Waals surface area contributed by atoms with E-state index >= 15 is 0 Å². The fraction of sp³-hybridized carbons (Fsp3) is 0.188. The maximum atomic E-state index is 10.8. The number of pyridine rings is 1. The fourth-order valence-electron chi connectivity index (χ4n) is 2.28. The van der Waals surface area contributed by atoms with Crippen LogP contribution in [0.3, 0.4) is 0 Å². The van der Waals surface area contributed by atoms with Crippen LogP contribution in [0.4, 0.5) is 0 Å². The Morgan fingerprint density at radius 1 is 1.33 bits per heavy atom. The van der Waals surface area contributed by atoms with Gasteiger partial charge in [0.25, 0.3) is 0 Å². The molecule has 0 bridgehead atoms. The number of methoxy groups -OCH3 is 1. The first-order valence-electron chi connectivity index (χ1n) is 6.59. The molecule has 21 heavy (non-hydrogen) atoms. The molecule has 0 saturated heterocycles. The van der Waals surface area contributed by atoms with E-state index in [0.717, 1.165) is 23.3 Å². The summed E-state index contributed by atoms with van der Waals surface area (Å²) < 4.78 is 5.33. The second-order valence-electron chi connectivity index (χ2n) is 4.67. The summed E-state index contributed by atoms with van der Waals surface area (Å²) in [5.41, 5.74) is 3.04. The Balaban J connectivity index is 1.85. The van der Waals surface area contributed by atoms with E-state index in [4.69, 9.17) is 9.57 Å². The average Bonchev–Trinajstić information content (AvgIpc) is 3.04. The van der Waals surface area contributed by atoms with E-state index in [1.165, 1.54) is 0 Å². The summed E-state index contributed by atoms with van der Waals surface area (Å²) in [6.07, 6.45) is 2.96. The standard InChI is InChI=1S/C16H14N2O3/c1-20-15-8-11(10-19)5-6-12(15)14-9-16(21-18-14)13-4-2-3-7-17-13/h2-8,10,16H,9H2,1H3. The third-order valence-electron chi connectivity index (χ3n) is 3.36. The highest BCUT2D eigenvalue weighted by molar-refractivity contribution is 6.04. The van der Waals surface area contributed by atoms with Crippen molar-refractivity contribution in [2.24, 2.45) is 5.16 Å². The number of carbonyl (C=O) groups excluding carboxylic acids is 1. The Hall–Kier alpha value is -2.69. The zero-order valence-electron chi connectivity index (χ0n) is 11.5. The molecule has 0 radical (unpaired) electrons. The lowest BCUT2D eigenvalue weighted by atomic mass is 10.0. The number of benzene rings is 1. The molecule has 1 aromatic heterocycles. The number of carbonyl (C=O) groups is 1. The van der Waals surface area contributed by atoms with Gasteiger partial charge in [0.2, 0.25) is 0 Å². The van der Waals surface area contributed by atoms with Gasteiger partial charge in [0.1, 0.15) is 12.0 Å². The van der Waals surface area contributed by atoms with Crippen LogP contribution in [0.25, 0.3) is 0 Å². The molecule has 1 aromatic carbocycles. The molecule has 106 valence electrons. The van der Waals surface area contributed by atoms with Gasteiger partial charge in [-0.15, -0.1) is 0 Å². The summed E-state index contributed by atoms with van der Waals surface area (Å²) in [6.45, 7) is 0. The maximum Gasteiger partial charge on any atom is 0.174 e. The zero-order valence-corrected chi connectivity index (χ0v) is 11.5. The van der Waals surface area contributed by atoms with Crippen molar-refractivity contribution in [1.29, 1.82) is 0 Å². The lowest BCUT2D eigenvalue weighted by Gasteiger charge is -2.09. The molecule has 1 unspecified atom stereocenters. The minimum atomic E-state index is -0.184. The minimum absolute atomic E-state index is 0.184. The van der Waals surface area contributed by atoms with Crippen molar-refractivity contribution in [1.82, 2.24) is 4.98 Å². The average molecular weight is 282 g/mol. The normalized spacial score (nSPS) is 17.0. The number of hydrogen-bond donors (Lipinski definition) is 0. The molecule has 1 aliphatic rings. The first-order valence-corrected chi connectivity index (χ1v) is 6.59. The molecule has 2 heterocycles. The highest BCUT2D eigenvalue weighted by Crippen LogP contribution is 2.31. The summed E-state index contributed by atoms with van der Waals surface area (Å²) in [6, 6.07) is 11.0. The van der Waals surface area contributed by atoms with Crippen molar-refractivity contribution in [3.8, 4) is 5.75 Å². The van der Waals surface area contributed by atoms with Crippen molar-refractivity contribution in [3.05, 3.63) is 59.4 Å². The van der Waals surface area contributed by atoms with Gasteiger partial charge in [-0.3, -0.25) is 9.78 Å². The number of rotatable bonds is 4. The van der Waals surface area contributed by atoms with Gasteiger partial charge in [-0.1, -0.05) is 17.3 Å². The fourth-order valence-corrected chi connectivity index (χ4v) is 2.28. The number of aldehydes is 1. The van der Waals surface area contributed by atoms with Gasteiger partial charge in [-0.05, 0) is 24.3 Å². The Kier molecular flexibility index (Phi) is 3.64. The molecular formula is C16H14N2O3. The van der Waals surface area contributed by atoms with E-state index in [0.29, 0.717) is 17.7 Å². The Morgan fingerprint density at radius 2 is 2.24 bits per heavy atom. The van der Waals surface area contributed by atoms with E-state index in [1.54, 1.807) is 25.4 Å². The number of aromatic nitrogens is 1. The maximum absolute atomic E-state index is 10.8. The lowest BCUT2D eigenvalue weighted by molar-refractivity contribution is 0.0826. The van der Waals surface area contributed by atoms with E-state index in [1.807, 2.05) is 24.3 Å². The zero-order chi connectivity index (χ0) is 14.7. The molecule has 5 nitrogen and oxygen atoms in total. The van der Waals surface area contributed by atoms with Crippen LogP contribution in [0.2, 0.25) is 0 Å². The van der Waals surface area contributed by atoms with Gasteiger partial charge < -0.3 is 9.57 Å². The van der Waals surface area contributed by atoms with E-state index < -0.39 is 0 Å². The third-order valence-corrected chi connectivity index (χ3v) is 3.36. The van der Waals surface area contributed by atoms with Crippen molar-refractivity contribution < 1.29 is 14.4 Å². The topological polar surface area (TPSA) is 60.8 Å². The summed E-state index contributed by atoms with van der Waals surface area (Å²) in [7, 11) is 1.57. The molecule has 3 rings (SSSR count). The van der Waals surface area contributed by atoms with Crippen molar-refractivity contribution in [3.63, 3.8) is 0 Å². The van der Waals surface area contributed by atoms with Gasteiger partial charge in [0.05, 0.1) is 18.5 Å². The molecule has 2 aromatic rings. The molecular weight excluding hydrogens is 268 g/mol. The second-order valence-corrected chi connectivity index (χ2v) is 4.67. The van der Waals surface area contributed by atoms with Gasteiger partial charge >= 0.3 is 0 Å². The van der Waals surface area contributed by atoms with Gasteiger partial charge in [0, 0.05) is 23.7 Å². The van der Waals surface area contributed by atoms with Crippen molar-refractivity contribution in [2.45, 2.75) is 12.5 Å². The second kappa shape index (κ2) is 5.75. The summed E-state index contributed by atoms with van der Waals surface area (Å²) >= 11 is 0. The van der Waals surface area contributed by atoms with Crippen LogP contribution in [-0.4, -0.2) is 24.1 Å². The summed E-state index contributed by atoms with van der Waals surface area (Å²) in [4.78, 5) is 20.6. The van der Waals surface area contributed by atoms with Crippen molar-refractivity contribution in [2.75, 3.05) is 7.11 Å². The molecule has 1 aliphatic heterocycles. The monoisotopic (exact) mass is 282 g/mol. The Morgan fingerprint density at radius 3 is 2.95 bits per heavy atom. The highest BCUT2D eigenvalue weighted by atomic mass is 16.6. The van der Waals surface area contributed by atoms with E-state index in [2.05, 4.69) is 10.1 Å². The predicted molar refractivity (Wildman–Crippen MR) is 77.6 cm³/mol. The number of hydrogen-bond acceptors (Lipinski definition) is 5. The minimum Gasteiger partial charge on any atom is -0.496 e. The van der Waals surface area contributed by atoms with E-state index in [-0.39, 0.29) is 6.10 Å². The number of oxime groups is 1. The Bertz CT molecular complexity index is 683. The van der Waals surface area contributed by atoms with Crippen LogP contribution in [0.5, 0.6) is 5.75 Å². The summed E-state index contributed by atoms with van der Waals surface area (Å²) in [5.74, 6) is 0.614. The highest BCUT2D eigenvalue weighted by Gasteiger charge is 2.26. The largest absolute Gasteiger partial charge is 0.496 e. The lowest BCUT2D eigenvalue weighted by Crippen LogP contribution is -2.05. The number of nitrogens with zero attached hydrogens (tertiary/aromatic N) is 2. The Labute approximate surface area is 122 Å². The molecule has 0 N–H and O–H groups in total. The molecule has 0 saturated carbocycles. The van der Waals surface area contributed by atoms with Crippen LogP contribution < -0.4 is 4.74 Å². The van der Waals surface area contributed by atoms with Gasteiger partial charge in [-0.2, -0.15) is 0 Å². The predicted octanol–water partition coefficient (Wildman–Crippen LogP) is 2.77.